The Kier molecular flexibility index (Phi) is 8.29. The number of hydrogen-bond acceptors (Lipinski definition) is 6. The smallest absolute Gasteiger partial charge is 0.250 e. The summed E-state index contributed by atoms with van der Waals surface area (Å²) in [6, 6.07) is 5.33. The van der Waals surface area contributed by atoms with Gasteiger partial charge in [-0.15, -0.1) is 0 Å². The number of hydrogen-bond donors (Lipinski definition) is 3. The third-order valence-corrected chi connectivity index (χ3v) is 7.44. The minimum absolute atomic E-state index is 0.0492. The molecule has 0 bridgehead atoms. The van der Waals surface area contributed by atoms with Gasteiger partial charge in [0.25, 0.3) is 0 Å². The van der Waals surface area contributed by atoms with Crippen LogP contribution < -0.4 is 26.2 Å². The molecule has 0 saturated carbocycles. The van der Waals surface area contributed by atoms with Crippen LogP contribution in [-0.2, 0) is 32.1 Å². The Hall–Kier alpha value is -3.24. The Bertz CT molecular complexity index is 1160. The van der Waals surface area contributed by atoms with Gasteiger partial charge < -0.3 is 26.2 Å². The first-order chi connectivity index (χ1) is 17.7. The number of rotatable bonds is 9. The molecule has 1 aromatic carbocycles. The van der Waals surface area contributed by atoms with Crippen LogP contribution in [0.25, 0.3) is 0 Å². The van der Waals surface area contributed by atoms with Gasteiger partial charge in [-0.2, -0.15) is 11.3 Å². The zero-order valence-corrected chi connectivity index (χ0v) is 22.3. The van der Waals surface area contributed by atoms with Crippen molar-refractivity contribution in [1.29, 1.82) is 0 Å². The molecule has 3 atom stereocenters. The van der Waals surface area contributed by atoms with E-state index in [1.54, 1.807) is 28.1 Å². The lowest BCUT2D eigenvalue weighted by Crippen LogP contribution is -2.58. The van der Waals surface area contributed by atoms with E-state index in [4.69, 9.17) is 5.73 Å². The molecule has 1 unspecified atom stereocenters. The number of carbonyl (C=O) groups is 4. The monoisotopic (exact) mass is 525 g/mol. The highest BCUT2D eigenvalue weighted by molar-refractivity contribution is 7.07. The first kappa shape index (κ1) is 26.8. The molecule has 4 rings (SSSR count). The summed E-state index contributed by atoms with van der Waals surface area (Å²) in [5.74, 6) is -0.880. The van der Waals surface area contributed by atoms with Crippen molar-refractivity contribution in [3.8, 4) is 0 Å². The number of fused-ring (bicyclic) bond motifs is 1. The summed E-state index contributed by atoms with van der Waals surface area (Å²) in [5, 5.41) is 9.57. The zero-order valence-electron chi connectivity index (χ0n) is 21.5. The number of nitrogens with zero attached hydrogens (tertiary/aromatic N) is 2. The Labute approximate surface area is 221 Å². The number of anilines is 2. The Balaban J connectivity index is 1.65. The fraction of sp³-hybridized carbons (Fsp3) is 0.481. The van der Waals surface area contributed by atoms with Crippen molar-refractivity contribution in [1.82, 2.24) is 10.6 Å². The van der Waals surface area contributed by atoms with Crippen LogP contribution in [0.2, 0.25) is 0 Å². The fourth-order valence-electron chi connectivity index (χ4n) is 4.89. The van der Waals surface area contributed by atoms with E-state index in [2.05, 4.69) is 10.6 Å². The topological polar surface area (TPSA) is 125 Å². The van der Waals surface area contributed by atoms with E-state index in [1.807, 2.05) is 48.9 Å². The quantitative estimate of drug-likeness (QED) is 0.464. The summed E-state index contributed by atoms with van der Waals surface area (Å²) < 4.78 is 0. The van der Waals surface area contributed by atoms with Crippen LogP contribution in [0.3, 0.4) is 0 Å². The molecule has 198 valence electrons. The molecule has 4 N–H and O–H groups in total. The Morgan fingerprint density at radius 2 is 1.95 bits per heavy atom. The molecule has 2 aliphatic heterocycles. The summed E-state index contributed by atoms with van der Waals surface area (Å²) in [5.41, 5.74) is 9.02. The third kappa shape index (κ3) is 6.02. The molecule has 1 aromatic heterocycles. The number of carbonyl (C=O) groups excluding carboxylic acids is 4. The first-order valence-electron chi connectivity index (χ1n) is 12.8. The predicted molar refractivity (Wildman–Crippen MR) is 144 cm³/mol. The molecule has 4 amide bonds. The fourth-order valence-corrected chi connectivity index (χ4v) is 5.55. The lowest BCUT2D eigenvalue weighted by atomic mass is 9.94. The summed E-state index contributed by atoms with van der Waals surface area (Å²) >= 11 is 1.55. The van der Waals surface area contributed by atoms with Gasteiger partial charge in [-0.25, -0.2) is 0 Å². The molecule has 10 heteroatoms. The minimum atomic E-state index is -0.801. The first-order valence-corrected chi connectivity index (χ1v) is 13.7. The Morgan fingerprint density at radius 1 is 1.16 bits per heavy atom. The second-order valence-electron chi connectivity index (χ2n) is 10.2. The van der Waals surface area contributed by atoms with Gasteiger partial charge >= 0.3 is 0 Å². The molecule has 37 heavy (non-hydrogen) atoms. The van der Waals surface area contributed by atoms with Crippen LogP contribution in [0.4, 0.5) is 11.4 Å². The zero-order chi connectivity index (χ0) is 26.7. The van der Waals surface area contributed by atoms with Crippen LogP contribution in [0.5, 0.6) is 0 Å². The van der Waals surface area contributed by atoms with Gasteiger partial charge in [0.15, 0.2) is 0 Å². The average molecular weight is 526 g/mol. The molecule has 9 nitrogen and oxygen atoms in total. The number of thiophene rings is 1. The summed E-state index contributed by atoms with van der Waals surface area (Å²) in [6.45, 7) is 6.43. The molecule has 2 aliphatic rings. The van der Waals surface area contributed by atoms with Crippen molar-refractivity contribution in [2.45, 2.75) is 71.1 Å². The van der Waals surface area contributed by atoms with Crippen molar-refractivity contribution in [3.05, 3.63) is 46.2 Å². The lowest BCUT2D eigenvalue weighted by molar-refractivity contribution is -0.132. The van der Waals surface area contributed by atoms with E-state index in [1.165, 1.54) is 0 Å². The predicted octanol–water partition coefficient (Wildman–Crippen LogP) is 2.33. The highest BCUT2D eigenvalue weighted by atomic mass is 32.1. The number of nitrogens with two attached hydrogens (primary N) is 1. The van der Waals surface area contributed by atoms with Crippen molar-refractivity contribution in [3.63, 3.8) is 0 Å². The van der Waals surface area contributed by atoms with Gasteiger partial charge in [0.1, 0.15) is 12.1 Å². The van der Waals surface area contributed by atoms with Crippen molar-refractivity contribution in [2.24, 2.45) is 11.7 Å². The molecule has 1 saturated heterocycles. The lowest BCUT2D eigenvalue weighted by Gasteiger charge is -2.37. The maximum atomic E-state index is 13.9. The largest absolute Gasteiger partial charge is 0.343 e. The maximum Gasteiger partial charge on any atom is 0.250 e. The second-order valence-corrected chi connectivity index (χ2v) is 11.0. The van der Waals surface area contributed by atoms with E-state index in [0.29, 0.717) is 32.4 Å². The number of para-hydroxylation sites is 1. The van der Waals surface area contributed by atoms with Gasteiger partial charge in [0.05, 0.1) is 24.0 Å². The molecule has 0 spiro atoms. The van der Waals surface area contributed by atoms with Crippen LogP contribution in [-0.4, -0.2) is 48.3 Å². The second kappa shape index (κ2) is 11.4. The van der Waals surface area contributed by atoms with Crippen LogP contribution in [0.1, 0.15) is 51.2 Å². The van der Waals surface area contributed by atoms with Gasteiger partial charge in [-0.05, 0) is 59.7 Å². The van der Waals surface area contributed by atoms with E-state index in [0.717, 1.165) is 28.9 Å². The van der Waals surface area contributed by atoms with Gasteiger partial charge in [0.2, 0.25) is 23.6 Å². The number of amides is 4. The van der Waals surface area contributed by atoms with Gasteiger partial charge in [0, 0.05) is 19.4 Å². The summed E-state index contributed by atoms with van der Waals surface area (Å²) in [6.07, 6.45) is 1.99. The highest BCUT2D eigenvalue weighted by Gasteiger charge is 2.38. The Morgan fingerprint density at radius 3 is 2.57 bits per heavy atom. The van der Waals surface area contributed by atoms with Crippen LogP contribution >= 0.6 is 11.3 Å². The molecular formula is C27H35N5O4S. The maximum absolute atomic E-state index is 13.9. The average Bonchev–Trinajstić information content (AvgIpc) is 3.52. The minimum Gasteiger partial charge on any atom is -0.343 e. The highest BCUT2D eigenvalue weighted by Crippen LogP contribution is 2.40. The SMILES string of the molecule is CC(C)C[C@@H](NC(=O)[C@H](C)N)C(=O)NC1Cc2cccc(N3CCCC3=O)c2N(Cc2ccsc2)C1=O. The third-order valence-electron chi connectivity index (χ3n) is 6.71. The van der Waals surface area contributed by atoms with E-state index in [9.17, 15) is 19.2 Å². The normalized spacial score (nSPS) is 19.1. The molecule has 3 heterocycles. The molecule has 2 aromatic rings. The standard InChI is InChI=1S/C27H35N5O4S/c1-16(2)12-20(29-25(34)17(3)28)26(35)30-21-13-19-6-4-7-22(31-10-5-8-23(31)33)24(19)32(27(21)36)14-18-9-11-37-15-18/h4,6-7,9,11,15-17,20-21H,5,8,10,12-14,28H2,1-3H3,(H,29,34)(H,30,35)/t17-,20+,21?/m0/s1. The van der Waals surface area contributed by atoms with Crippen LogP contribution in [0.15, 0.2) is 35.0 Å². The van der Waals surface area contributed by atoms with Crippen LogP contribution in [0, 0.1) is 5.92 Å². The number of nitrogens with one attached hydrogen (secondary N) is 2. The van der Waals surface area contributed by atoms with Gasteiger partial charge in [-0.1, -0.05) is 26.0 Å². The molecule has 1 fully saturated rings. The molecular weight excluding hydrogens is 490 g/mol. The molecule has 0 aliphatic carbocycles. The summed E-state index contributed by atoms with van der Waals surface area (Å²) in [4.78, 5) is 55.5. The number of benzene rings is 1. The van der Waals surface area contributed by atoms with Gasteiger partial charge in [-0.3, -0.25) is 19.2 Å². The van der Waals surface area contributed by atoms with E-state index in [-0.39, 0.29) is 17.7 Å². The molecule has 0 radical (unpaired) electrons. The van der Waals surface area contributed by atoms with E-state index >= 15 is 0 Å². The van der Waals surface area contributed by atoms with Crippen molar-refractivity contribution >= 4 is 46.3 Å². The van der Waals surface area contributed by atoms with Crippen molar-refractivity contribution in [2.75, 3.05) is 16.3 Å². The van der Waals surface area contributed by atoms with Crippen molar-refractivity contribution < 1.29 is 19.2 Å². The summed E-state index contributed by atoms with van der Waals surface area (Å²) in [7, 11) is 0. The van der Waals surface area contributed by atoms with E-state index < -0.39 is 29.9 Å².